The lowest BCUT2D eigenvalue weighted by Crippen LogP contribution is -2.43. The number of sulfonamides is 1. The van der Waals surface area contributed by atoms with Crippen molar-refractivity contribution in [3.8, 4) is 0 Å². The molecule has 0 aliphatic rings. The van der Waals surface area contributed by atoms with Crippen LogP contribution in [0.4, 0.5) is 0 Å². The van der Waals surface area contributed by atoms with Gasteiger partial charge in [-0.3, -0.25) is 0 Å². The molecule has 0 spiro atoms. The van der Waals surface area contributed by atoms with Gasteiger partial charge < -0.3 is 5.11 Å². The predicted octanol–water partition coefficient (Wildman–Crippen LogP) is 1.21. The Labute approximate surface area is 93.3 Å². The Kier molecular flexibility index (Phi) is 5.77. The molecule has 4 nitrogen and oxygen atoms in total. The number of nitrogens with zero attached hydrogens (tertiary/aromatic N) is 1. The van der Waals surface area contributed by atoms with Crippen molar-refractivity contribution >= 4 is 10.0 Å². The zero-order valence-electron chi connectivity index (χ0n) is 10.2. The maximum absolute atomic E-state index is 11.8. The summed E-state index contributed by atoms with van der Waals surface area (Å²) in [6.45, 7) is 7.55. The van der Waals surface area contributed by atoms with E-state index in [9.17, 15) is 13.5 Å². The molecule has 15 heavy (non-hydrogen) atoms. The fraction of sp³-hybridized carbons (Fsp3) is 1.00. The van der Waals surface area contributed by atoms with E-state index in [1.54, 1.807) is 20.8 Å². The molecule has 0 radical (unpaired) electrons. The van der Waals surface area contributed by atoms with Crippen molar-refractivity contribution in [1.29, 1.82) is 0 Å². The maximum atomic E-state index is 11.8. The lowest BCUT2D eigenvalue weighted by atomic mass is 10.1. The standard InChI is InChI=1S/C10H23NO3S/c1-5-7-8-15(13,14)11(6-2)9-10(3,4)12/h12H,5-9H2,1-4H3. The van der Waals surface area contributed by atoms with Crippen LogP contribution in [-0.4, -0.2) is 42.3 Å². The van der Waals surface area contributed by atoms with E-state index in [1.807, 2.05) is 6.92 Å². The fourth-order valence-corrected chi connectivity index (χ4v) is 3.11. The van der Waals surface area contributed by atoms with Crippen molar-refractivity contribution in [2.24, 2.45) is 0 Å². The molecule has 5 heteroatoms. The summed E-state index contributed by atoms with van der Waals surface area (Å²) in [6, 6.07) is 0. The Morgan fingerprint density at radius 1 is 1.27 bits per heavy atom. The summed E-state index contributed by atoms with van der Waals surface area (Å²) in [7, 11) is -3.19. The lowest BCUT2D eigenvalue weighted by Gasteiger charge is -2.27. The molecule has 0 aromatic carbocycles. The number of unbranched alkanes of at least 4 members (excludes halogenated alkanes) is 1. The molecular weight excluding hydrogens is 214 g/mol. The summed E-state index contributed by atoms with van der Waals surface area (Å²) in [5, 5.41) is 9.60. The van der Waals surface area contributed by atoms with Gasteiger partial charge in [-0.25, -0.2) is 8.42 Å². The molecule has 0 aromatic heterocycles. The van der Waals surface area contributed by atoms with Gasteiger partial charge in [-0.1, -0.05) is 20.3 Å². The van der Waals surface area contributed by atoms with E-state index >= 15 is 0 Å². The first-order valence-electron chi connectivity index (χ1n) is 5.43. The number of hydrogen-bond acceptors (Lipinski definition) is 3. The number of rotatable bonds is 7. The Hall–Kier alpha value is -0.130. The third-order valence-corrected chi connectivity index (χ3v) is 4.04. The zero-order chi connectivity index (χ0) is 12.1. The van der Waals surface area contributed by atoms with Gasteiger partial charge in [0.25, 0.3) is 0 Å². The molecular formula is C10H23NO3S. The fourth-order valence-electron chi connectivity index (χ4n) is 1.29. The second-order valence-electron chi connectivity index (χ2n) is 4.41. The van der Waals surface area contributed by atoms with Crippen LogP contribution in [0.5, 0.6) is 0 Å². The molecule has 0 saturated carbocycles. The smallest absolute Gasteiger partial charge is 0.214 e. The molecule has 0 unspecified atom stereocenters. The molecule has 0 aromatic rings. The highest BCUT2D eigenvalue weighted by Crippen LogP contribution is 2.11. The minimum Gasteiger partial charge on any atom is -0.389 e. The highest BCUT2D eigenvalue weighted by Gasteiger charge is 2.25. The molecule has 0 heterocycles. The van der Waals surface area contributed by atoms with Crippen molar-refractivity contribution < 1.29 is 13.5 Å². The van der Waals surface area contributed by atoms with Crippen LogP contribution in [0.2, 0.25) is 0 Å². The van der Waals surface area contributed by atoms with E-state index in [2.05, 4.69) is 0 Å². The van der Waals surface area contributed by atoms with Crippen molar-refractivity contribution in [2.45, 2.75) is 46.1 Å². The third kappa shape index (κ3) is 6.12. The third-order valence-electron chi connectivity index (χ3n) is 2.07. The Balaban J connectivity index is 4.52. The molecule has 1 N–H and O–H groups in total. The normalized spacial score (nSPS) is 13.5. The Morgan fingerprint density at radius 2 is 1.80 bits per heavy atom. The second kappa shape index (κ2) is 5.82. The SMILES string of the molecule is CCCCS(=O)(=O)N(CC)CC(C)(C)O. The van der Waals surface area contributed by atoms with E-state index < -0.39 is 15.6 Å². The van der Waals surface area contributed by atoms with Crippen molar-refractivity contribution in [1.82, 2.24) is 4.31 Å². The molecule has 0 fully saturated rings. The van der Waals surface area contributed by atoms with Gasteiger partial charge in [0.15, 0.2) is 0 Å². The molecule has 0 rings (SSSR count). The van der Waals surface area contributed by atoms with E-state index in [0.29, 0.717) is 13.0 Å². The largest absolute Gasteiger partial charge is 0.389 e. The summed E-state index contributed by atoms with van der Waals surface area (Å²) in [4.78, 5) is 0. The molecule has 0 amide bonds. The Morgan fingerprint density at radius 3 is 2.13 bits per heavy atom. The first-order chi connectivity index (χ1) is 6.73. The van der Waals surface area contributed by atoms with Gasteiger partial charge in [0.2, 0.25) is 10.0 Å². The molecule has 0 bridgehead atoms. The summed E-state index contributed by atoms with van der Waals surface area (Å²) < 4.78 is 25.0. The molecule has 0 saturated heterocycles. The van der Waals surface area contributed by atoms with Crippen LogP contribution >= 0.6 is 0 Å². The quantitative estimate of drug-likeness (QED) is 0.724. The molecule has 92 valence electrons. The highest BCUT2D eigenvalue weighted by molar-refractivity contribution is 7.89. The molecule has 0 aliphatic heterocycles. The van der Waals surface area contributed by atoms with Gasteiger partial charge in [-0.15, -0.1) is 0 Å². The lowest BCUT2D eigenvalue weighted by molar-refractivity contribution is 0.0601. The van der Waals surface area contributed by atoms with Crippen LogP contribution in [0.25, 0.3) is 0 Å². The average molecular weight is 237 g/mol. The zero-order valence-corrected chi connectivity index (χ0v) is 11.0. The van der Waals surface area contributed by atoms with E-state index in [4.69, 9.17) is 0 Å². The van der Waals surface area contributed by atoms with E-state index in [-0.39, 0.29) is 12.3 Å². The predicted molar refractivity (Wildman–Crippen MR) is 62.2 cm³/mol. The highest BCUT2D eigenvalue weighted by atomic mass is 32.2. The summed E-state index contributed by atoms with van der Waals surface area (Å²) in [6.07, 6.45) is 1.53. The van der Waals surface area contributed by atoms with Crippen molar-refractivity contribution in [3.63, 3.8) is 0 Å². The Bertz CT molecular complexity index is 267. The van der Waals surface area contributed by atoms with Gasteiger partial charge in [0.05, 0.1) is 11.4 Å². The van der Waals surface area contributed by atoms with Crippen LogP contribution < -0.4 is 0 Å². The number of likely N-dealkylation sites (N-methyl/N-ethyl adjacent to an activating group) is 1. The minimum absolute atomic E-state index is 0.162. The summed E-state index contributed by atoms with van der Waals surface area (Å²) in [5.41, 5.74) is -0.977. The topological polar surface area (TPSA) is 57.6 Å². The summed E-state index contributed by atoms with van der Waals surface area (Å²) >= 11 is 0. The number of aliphatic hydroxyl groups is 1. The average Bonchev–Trinajstić information content (AvgIpc) is 2.09. The van der Waals surface area contributed by atoms with Gasteiger partial charge in [0.1, 0.15) is 0 Å². The van der Waals surface area contributed by atoms with Crippen LogP contribution in [0.1, 0.15) is 40.5 Å². The van der Waals surface area contributed by atoms with Crippen LogP contribution in [0.15, 0.2) is 0 Å². The maximum Gasteiger partial charge on any atom is 0.214 e. The van der Waals surface area contributed by atoms with Crippen LogP contribution in [0.3, 0.4) is 0 Å². The van der Waals surface area contributed by atoms with Crippen molar-refractivity contribution in [2.75, 3.05) is 18.8 Å². The van der Waals surface area contributed by atoms with Crippen molar-refractivity contribution in [3.05, 3.63) is 0 Å². The van der Waals surface area contributed by atoms with E-state index in [0.717, 1.165) is 6.42 Å². The van der Waals surface area contributed by atoms with Crippen LogP contribution in [0, 0.1) is 0 Å². The monoisotopic (exact) mass is 237 g/mol. The summed E-state index contributed by atoms with van der Waals surface area (Å²) in [5.74, 6) is 0.174. The minimum atomic E-state index is -3.19. The van der Waals surface area contributed by atoms with Crippen LogP contribution in [-0.2, 0) is 10.0 Å². The van der Waals surface area contributed by atoms with Gasteiger partial charge in [-0.2, -0.15) is 4.31 Å². The van der Waals surface area contributed by atoms with Gasteiger partial charge in [-0.05, 0) is 20.3 Å². The second-order valence-corrected chi connectivity index (χ2v) is 6.50. The van der Waals surface area contributed by atoms with Gasteiger partial charge in [0, 0.05) is 13.1 Å². The number of hydrogen-bond donors (Lipinski definition) is 1. The first-order valence-corrected chi connectivity index (χ1v) is 7.04. The molecule has 0 atom stereocenters. The molecule has 0 aliphatic carbocycles. The first kappa shape index (κ1) is 14.9. The van der Waals surface area contributed by atoms with Gasteiger partial charge >= 0.3 is 0 Å². The van der Waals surface area contributed by atoms with E-state index in [1.165, 1.54) is 4.31 Å².